The first kappa shape index (κ1) is 12.3. The zero-order valence-corrected chi connectivity index (χ0v) is 9.66. The monoisotopic (exact) mass is 190 g/mol. The fourth-order valence-corrected chi connectivity index (χ4v) is 2.01. The van der Waals surface area contributed by atoms with Crippen LogP contribution in [0.2, 0.25) is 0 Å². The Morgan fingerprint density at radius 2 is 1.83 bits per heavy atom. The number of hydrogen-bond acceptors (Lipinski definition) is 3. The second kappa shape index (κ2) is 5.10. The molecule has 0 rings (SSSR count). The van der Waals surface area contributed by atoms with Gasteiger partial charge in [-0.05, 0) is 10.7 Å². The fourth-order valence-electron chi connectivity index (χ4n) is 0.837. The molecule has 3 heteroatoms. The summed E-state index contributed by atoms with van der Waals surface area (Å²) in [6, 6.07) is 0.393. The second-order valence-corrected chi connectivity index (χ2v) is 6.08. The molecule has 0 heterocycles. The maximum atomic E-state index is 5.48. The van der Waals surface area contributed by atoms with Crippen molar-refractivity contribution in [3.05, 3.63) is 0 Å². The predicted molar refractivity (Wildman–Crippen MR) is 58.2 cm³/mol. The van der Waals surface area contributed by atoms with E-state index in [2.05, 4.69) is 40.0 Å². The van der Waals surface area contributed by atoms with Crippen molar-refractivity contribution in [2.75, 3.05) is 5.75 Å². The number of rotatable bonds is 4. The van der Waals surface area contributed by atoms with E-state index < -0.39 is 0 Å². The number of hydrogen-bond donors (Lipinski definition) is 2. The molecule has 0 spiro atoms. The first-order valence-corrected chi connectivity index (χ1v) is 5.50. The van der Waals surface area contributed by atoms with Crippen LogP contribution in [-0.4, -0.2) is 17.0 Å². The minimum absolute atomic E-state index is 0.247. The normalized spacial score (nSPS) is 15.2. The highest BCUT2D eigenvalue weighted by atomic mass is 32.2. The Morgan fingerprint density at radius 3 is 2.08 bits per heavy atom. The minimum Gasteiger partial charge on any atom is -0.271 e. The van der Waals surface area contributed by atoms with E-state index in [9.17, 15) is 0 Å². The zero-order valence-electron chi connectivity index (χ0n) is 8.85. The minimum atomic E-state index is 0.247. The van der Waals surface area contributed by atoms with Crippen LogP contribution in [0.25, 0.3) is 0 Å². The maximum absolute atomic E-state index is 5.48. The summed E-state index contributed by atoms with van der Waals surface area (Å²) in [6.45, 7) is 11.0. The van der Waals surface area contributed by atoms with Crippen LogP contribution < -0.4 is 11.3 Å². The summed E-state index contributed by atoms with van der Waals surface area (Å²) in [6.07, 6.45) is 0. The second-order valence-electron chi connectivity index (χ2n) is 4.47. The van der Waals surface area contributed by atoms with Crippen molar-refractivity contribution in [1.82, 2.24) is 5.43 Å². The van der Waals surface area contributed by atoms with E-state index in [4.69, 9.17) is 5.84 Å². The molecule has 1 unspecified atom stereocenters. The van der Waals surface area contributed by atoms with E-state index >= 15 is 0 Å². The Bertz CT molecular complexity index is 118. The average molecular weight is 190 g/mol. The molecule has 0 aliphatic heterocycles. The molecule has 0 aromatic heterocycles. The third kappa shape index (κ3) is 5.01. The van der Waals surface area contributed by atoms with E-state index in [0.29, 0.717) is 11.3 Å². The molecule has 2 nitrogen and oxygen atoms in total. The summed E-state index contributed by atoms with van der Waals surface area (Å²) in [4.78, 5) is 0. The molecule has 0 radical (unpaired) electrons. The third-order valence-corrected chi connectivity index (χ3v) is 3.04. The quantitative estimate of drug-likeness (QED) is 0.526. The van der Waals surface area contributed by atoms with Crippen molar-refractivity contribution >= 4 is 11.8 Å². The molecule has 3 N–H and O–H groups in total. The van der Waals surface area contributed by atoms with Crippen LogP contribution in [0.1, 0.15) is 34.6 Å². The summed E-state index contributed by atoms with van der Waals surface area (Å²) < 4.78 is 0. The van der Waals surface area contributed by atoms with Crippen LogP contribution in [0, 0.1) is 5.41 Å². The lowest BCUT2D eigenvalue weighted by Crippen LogP contribution is -2.46. The molecule has 0 saturated carbocycles. The van der Waals surface area contributed by atoms with Gasteiger partial charge < -0.3 is 0 Å². The van der Waals surface area contributed by atoms with E-state index in [1.54, 1.807) is 0 Å². The van der Waals surface area contributed by atoms with Crippen LogP contribution in [0.5, 0.6) is 0 Å². The lowest BCUT2D eigenvalue weighted by Gasteiger charge is -2.30. The van der Waals surface area contributed by atoms with Gasteiger partial charge in [-0.2, -0.15) is 11.8 Å². The van der Waals surface area contributed by atoms with Gasteiger partial charge in [0.05, 0.1) is 0 Å². The molecule has 0 bridgehead atoms. The Hall–Kier alpha value is 0.270. The molecule has 1 atom stereocenters. The lowest BCUT2D eigenvalue weighted by atomic mass is 9.88. The van der Waals surface area contributed by atoms with Gasteiger partial charge in [0.2, 0.25) is 0 Å². The highest BCUT2D eigenvalue weighted by Crippen LogP contribution is 2.23. The third-order valence-electron chi connectivity index (χ3n) is 1.84. The Balaban J connectivity index is 3.84. The first-order valence-electron chi connectivity index (χ1n) is 4.45. The van der Waals surface area contributed by atoms with Crippen LogP contribution in [0.15, 0.2) is 0 Å². The van der Waals surface area contributed by atoms with Gasteiger partial charge in [0.1, 0.15) is 0 Å². The van der Waals surface area contributed by atoms with Crippen molar-refractivity contribution in [3.8, 4) is 0 Å². The van der Waals surface area contributed by atoms with Gasteiger partial charge in [0.25, 0.3) is 0 Å². The molecule has 0 amide bonds. The number of hydrazine groups is 1. The molecule has 0 fully saturated rings. The van der Waals surface area contributed by atoms with Gasteiger partial charge in [0.15, 0.2) is 0 Å². The van der Waals surface area contributed by atoms with E-state index in [-0.39, 0.29) is 5.41 Å². The van der Waals surface area contributed by atoms with Crippen molar-refractivity contribution < 1.29 is 0 Å². The van der Waals surface area contributed by atoms with Crippen molar-refractivity contribution in [3.63, 3.8) is 0 Å². The Kier molecular flexibility index (Phi) is 5.21. The summed E-state index contributed by atoms with van der Waals surface area (Å²) in [5.41, 5.74) is 3.12. The number of thioether (sulfide) groups is 1. The average Bonchev–Trinajstić information content (AvgIpc) is 1.85. The molecule has 74 valence electrons. The van der Waals surface area contributed by atoms with Gasteiger partial charge >= 0.3 is 0 Å². The van der Waals surface area contributed by atoms with E-state index in [1.165, 1.54) is 0 Å². The maximum Gasteiger partial charge on any atom is 0.0349 e. The van der Waals surface area contributed by atoms with Gasteiger partial charge in [-0.15, -0.1) is 0 Å². The lowest BCUT2D eigenvalue weighted by molar-refractivity contribution is 0.294. The summed E-state index contributed by atoms with van der Waals surface area (Å²) in [7, 11) is 0. The van der Waals surface area contributed by atoms with Gasteiger partial charge in [-0.25, -0.2) is 0 Å². The van der Waals surface area contributed by atoms with Crippen LogP contribution in [0.4, 0.5) is 0 Å². The molecule has 0 aliphatic rings. The topological polar surface area (TPSA) is 38.0 Å². The SMILES string of the molecule is CC(C)SCC(NN)C(C)(C)C. The highest BCUT2D eigenvalue weighted by Gasteiger charge is 2.23. The first-order chi connectivity index (χ1) is 5.38. The molecule has 0 saturated heterocycles. The molecule has 0 aromatic carbocycles. The smallest absolute Gasteiger partial charge is 0.0349 e. The van der Waals surface area contributed by atoms with Crippen molar-refractivity contribution in [2.45, 2.75) is 45.9 Å². The number of nitrogens with one attached hydrogen (secondary N) is 1. The summed E-state index contributed by atoms with van der Waals surface area (Å²) in [5, 5.41) is 0.684. The van der Waals surface area contributed by atoms with Gasteiger partial charge in [0, 0.05) is 11.8 Å². The van der Waals surface area contributed by atoms with Crippen LogP contribution >= 0.6 is 11.8 Å². The predicted octanol–water partition coefficient (Wildman–Crippen LogP) is 2.01. The van der Waals surface area contributed by atoms with Crippen LogP contribution in [0.3, 0.4) is 0 Å². The van der Waals surface area contributed by atoms with Gasteiger partial charge in [-0.3, -0.25) is 11.3 Å². The van der Waals surface area contributed by atoms with E-state index in [1.807, 2.05) is 11.8 Å². The molecule has 0 aliphatic carbocycles. The fraction of sp³-hybridized carbons (Fsp3) is 1.00. The zero-order chi connectivity index (χ0) is 9.78. The van der Waals surface area contributed by atoms with Gasteiger partial charge in [-0.1, -0.05) is 34.6 Å². The Labute approximate surface area is 80.6 Å². The van der Waals surface area contributed by atoms with Crippen LogP contribution in [-0.2, 0) is 0 Å². The molecule has 12 heavy (non-hydrogen) atoms. The van der Waals surface area contributed by atoms with E-state index in [0.717, 1.165) is 5.75 Å². The molecular formula is C9H22N2S. The highest BCUT2D eigenvalue weighted by molar-refractivity contribution is 7.99. The van der Waals surface area contributed by atoms with Crippen molar-refractivity contribution in [2.24, 2.45) is 11.3 Å². The summed E-state index contributed by atoms with van der Waals surface area (Å²) in [5.74, 6) is 6.56. The molecular weight excluding hydrogens is 168 g/mol. The Morgan fingerprint density at radius 1 is 1.33 bits per heavy atom. The standard InChI is InChI=1S/C9H22N2S/c1-7(2)12-6-8(11-10)9(3,4)5/h7-8,11H,6,10H2,1-5H3. The number of nitrogens with two attached hydrogens (primary N) is 1. The molecule has 0 aromatic rings. The van der Waals surface area contributed by atoms with Crippen molar-refractivity contribution in [1.29, 1.82) is 0 Å². The summed E-state index contributed by atoms with van der Waals surface area (Å²) >= 11 is 1.95. The largest absolute Gasteiger partial charge is 0.271 e.